The Labute approximate surface area is 286 Å². The van der Waals surface area contributed by atoms with Gasteiger partial charge in [-0.05, 0) is 128 Å². The lowest BCUT2D eigenvalue weighted by atomic mass is 9.79. The Hall–Kier alpha value is -2.68. The summed E-state index contributed by atoms with van der Waals surface area (Å²) >= 11 is 4.03. The SMILES string of the molecule is CCCCCCc1ccc(-c2cc3cc(C(C)(C)C)cc4cc(-c5ccc(CCCCCC)s5)c5cc(C(C)(C)C)cc2c5c34)s1. The molecule has 0 bridgehead atoms. The van der Waals surface area contributed by atoms with Crippen LogP contribution in [-0.4, -0.2) is 0 Å². The van der Waals surface area contributed by atoms with Gasteiger partial charge >= 0.3 is 0 Å². The fourth-order valence-electron chi connectivity index (χ4n) is 7.05. The van der Waals surface area contributed by atoms with Crippen molar-refractivity contribution in [2.75, 3.05) is 0 Å². The van der Waals surface area contributed by atoms with E-state index in [1.807, 2.05) is 22.7 Å². The molecular weight excluding hydrogens is 593 g/mol. The van der Waals surface area contributed by atoms with E-state index in [1.54, 1.807) is 0 Å². The Morgan fingerprint density at radius 1 is 0.478 bits per heavy atom. The molecule has 0 fully saturated rings. The summed E-state index contributed by atoms with van der Waals surface area (Å²) in [5.41, 5.74) is 5.77. The van der Waals surface area contributed by atoms with Gasteiger partial charge in [0.25, 0.3) is 0 Å². The van der Waals surface area contributed by atoms with Crippen molar-refractivity contribution < 1.29 is 0 Å². The zero-order valence-electron chi connectivity index (χ0n) is 29.7. The predicted molar refractivity (Wildman–Crippen MR) is 210 cm³/mol. The fourth-order valence-corrected chi connectivity index (χ4v) is 9.21. The third kappa shape index (κ3) is 6.81. The van der Waals surface area contributed by atoms with Gasteiger partial charge in [0.15, 0.2) is 0 Å². The summed E-state index contributed by atoms with van der Waals surface area (Å²) in [6.45, 7) is 18.8. The van der Waals surface area contributed by atoms with Crippen molar-refractivity contribution in [1.29, 1.82) is 0 Å². The van der Waals surface area contributed by atoms with E-state index in [2.05, 4.69) is 116 Å². The van der Waals surface area contributed by atoms with Crippen LogP contribution in [0.3, 0.4) is 0 Å². The second-order valence-corrected chi connectivity index (χ2v) is 18.1. The molecule has 0 spiro atoms. The van der Waals surface area contributed by atoms with Crippen LogP contribution in [0.15, 0.2) is 60.7 Å². The summed E-state index contributed by atoms with van der Waals surface area (Å²) < 4.78 is 0. The summed E-state index contributed by atoms with van der Waals surface area (Å²) in [6, 6.07) is 24.7. The van der Waals surface area contributed by atoms with Crippen LogP contribution >= 0.6 is 22.7 Å². The predicted octanol–water partition coefficient (Wildman–Crippen LogP) is 14.9. The summed E-state index contributed by atoms with van der Waals surface area (Å²) in [4.78, 5) is 5.87. The molecule has 242 valence electrons. The average Bonchev–Trinajstić information content (AvgIpc) is 3.68. The van der Waals surface area contributed by atoms with Gasteiger partial charge in [-0.25, -0.2) is 0 Å². The van der Waals surface area contributed by atoms with Gasteiger partial charge in [-0.15, -0.1) is 22.7 Å². The van der Waals surface area contributed by atoms with Gasteiger partial charge < -0.3 is 0 Å². The molecule has 6 aromatic rings. The third-order valence-corrected chi connectivity index (χ3v) is 12.3. The second kappa shape index (κ2) is 13.4. The van der Waals surface area contributed by atoms with Crippen LogP contribution in [0, 0.1) is 0 Å². The normalized spacial score (nSPS) is 12.8. The Morgan fingerprint density at radius 3 is 1.33 bits per heavy atom. The first kappa shape index (κ1) is 33.2. The fraction of sp³-hybridized carbons (Fsp3) is 0.455. The van der Waals surface area contributed by atoms with Crippen LogP contribution in [0.2, 0.25) is 0 Å². The highest BCUT2D eigenvalue weighted by atomic mass is 32.1. The Kier molecular flexibility index (Phi) is 9.71. The molecular formula is C44H54S2. The quantitative estimate of drug-likeness (QED) is 0.0917. The lowest BCUT2D eigenvalue weighted by molar-refractivity contribution is 0.591. The van der Waals surface area contributed by atoms with Crippen LogP contribution in [0.5, 0.6) is 0 Å². The smallest absolute Gasteiger partial charge is 0.0352 e. The van der Waals surface area contributed by atoms with Gasteiger partial charge in [0.1, 0.15) is 0 Å². The molecule has 0 aliphatic carbocycles. The van der Waals surface area contributed by atoms with Crippen LogP contribution in [0.4, 0.5) is 0 Å². The number of hydrogen-bond acceptors (Lipinski definition) is 2. The summed E-state index contributed by atoms with van der Waals surface area (Å²) in [5.74, 6) is 0. The highest BCUT2D eigenvalue weighted by Gasteiger charge is 2.24. The van der Waals surface area contributed by atoms with E-state index in [9.17, 15) is 0 Å². The van der Waals surface area contributed by atoms with E-state index < -0.39 is 0 Å². The van der Waals surface area contributed by atoms with Crippen molar-refractivity contribution in [3.63, 3.8) is 0 Å². The van der Waals surface area contributed by atoms with E-state index in [-0.39, 0.29) is 10.8 Å². The van der Waals surface area contributed by atoms with Crippen LogP contribution in [0.1, 0.15) is 128 Å². The van der Waals surface area contributed by atoms with Crippen molar-refractivity contribution >= 4 is 55.0 Å². The maximum atomic E-state index is 2.53. The highest BCUT2D eigenvalue weighted by Crippen LogP contribution is 2.48. The average molecular weight is 647 g/mol. The van der Waals surface area contributed by atoms with Gasteiger partial charge in [0.05, 0.1) is 0 Å². The van der Waals surface area contributed by atoms with Gasteiger partial charge in [0, 0.05) is 30.6 Å². The molecule has 6 rings (SSSR count). The minimum absolute atomic E-state index is 0.0537. The molecule has 0 amide bonds. The van der Waals surface area contributed by atoms with Crippen molar-refractivity contribution in [1.82, 2.24) is 0 Å². The molecule has 2 aromatic heterocycles. The van der Waals surface area contributed by atoms with Crippen molar-refractivity contribution in [2.24, 2.45) is 0 Å². The molecule has 0 radical (unpaired) electrons. The Bertz CT molecular complexity index is 1810. The van der Waals surface area contributed by atoms with E-state index in [4.69, 9.17) is 0 Å². The lowest BCUT2D eigenvalue weighted by Gasteiger charge is -2.25. The zero-order valence-corrected chi connectivity index (χ0v) is 31.3. The highest BCUT2D eigenvalue weighted by molar-refractivity contribution is 7.16. The van der Waals surface area contributed by atoms with Crippen LogP contribution < -0.4 is 0 Å². The van der Waals surface area contributed by atoms with E-state index in [1.165, 1.54) is 138 Å². The number of benzene rings is 4. The minimum Gasteiger partial charge on any atom is -0.140 e. The van der Waals surface area contributed by atoms with Gasteiger partial charge in [-0.1, -0.05) is 106 Å². The lowest BCUT2D eigenvalue weighted by Crippen LogP contribution is -2.12. The van der Waals surface area contributed by atoms with Crippen molar-refractivity contribution in [2.45, 2.75) is 130 Å². The molecule has 0 unspecified atom stereocenters. The maximum Gasteiger partial charge on any atom is 0.0352 e. The van der Waals surface area contributed by atoms with Crippen LogP contribution in [-0.2, 0) is 23.7 Å². The molecule has 0 atom stereocenters. The molecule has 0 aliphatic rings. The number of aryl methyl sites for hydroxylation is 2. The largest absolute Gasteiger partial charge is 0.140 e. The molecule has 0 saturated carbocycles. The maximum absolute atomic E-state index is 2.53. The number of hydrogen-bond donors (Lipinski definition) is 0. The molecule has 46 heavy (non-hydrogen) atoms. The van der Waals surface area contributed by atoms with Gasteiger partial charge in [0.2, 0.25) is 0 Å². The number of thiophene rings is 2. The molecule has 4 aromatic carbocycles. The van der Waals surface area contributed by atoms with Crippen molar-refractivity contribution in [3.05, 3.63) is 81.5 Å². The molecule has 0 saturated heterocycles. The third-order valence-electron chi connectivity index (χ3n) is 9.91. The van der Waals surface area contributed by atoms with Crippen LogP contribution in [0.25, 0.3) is 53.2 Å². The first-order valence-corrected chi connectivity index (χ1v) is 19.6. The minimum atomic E-state index is 0.0537. The second-order valence-electron chi connectivity index (χ2n) is 15.7. The van der Waals surface area contributed by atoms with Gasteiger partial charge in [-0.2, -0.15) is 0 Å². The Balaban J connectivity index is 1.60. The van der Waals surface area contributed by atoms with Crippen molar-refractivity contribution in [3.8, 4) is 20.9 Å². The monoisotopic (exact) mass is 646 g/mol. The number of rotatable bonds is 12. The molecule has 2 heteroatoms. The summed E-state index contributed by atoms with van der Waals surface area (Å²) in [5, 5.41) is 8.47. The topological polar surface area (TPSA) is 0 Å². The summed E-state index contributed by atoms with van der Waals surface area (Å²) in [6.07, 6.45) is 12.9. The van der Waals surface area contributed by atoms with E-state index >= 15 is 0 Å². The molecule has 0 aliphatic heterocycles. The Morgan fingerprint density at radius 2 is 0.913 bits per heavy atom. The number of unbranched alkanes of at least 4 members (excludes halogenated alkanes) is 6. The zero-order chi connectivity index (χ0) is 32.6. The molecule has 0 N–H and O–H groups in total. The molecule has 0 nitrogen and oxygen atoms in total. The van der Waals surface area contributed by atoms with E-state index in [0.29, 0.717) is 0 Å². The van der Waals surface area contributed by atoms with Gasteiger partial charge in [-0.3, -0.25) is 0 Å². The first-order chi connectivity index (χ1) is 22.0. The first-order valence-electron chi connectivity index (χ1n) is 18.0. The summed E-state index contributed by atoms with van der Waals surface area (Å²) in [7, 11) is 0. The standard InChI is InChI=1S/C44H54S2/c1-9-11-13-15-17-33-19-21-39(45-33)35-25-29-23-31(43(3,4)5)24-30-26-36(40-22-20-34(46-40)18-16-14-12-10-2)38-28-32(44(6,7)8)27-37(35)42(38)41(29)30/h19-28H,9-18H2,1-8H3. The van der Waals surface area contributed by atoms with E-state index in [0.717, 1.165) is 0 Å². The molecule has 2 heterocycles.